The van der Waals surface area contributed by atoms with E-state index in [4.69, 9.17) is 24.7 Å². The van der Waals surface area contributed by atoms with E-state index in [0.717, 1.165) is 5.69 Å². The second kappa shape index (κ2) is 14.3. The van der Waals surface area contributed by atoms with E-state index in [-0.39, 0.29) is 18.7 Å². The Hall–Kier alpha value is -1.94. The molecule has 3 N–H and O–H groups in total. The molecular formula is C17H29N3O6. The third-order valence-corrected chi connectivity index (χ3v) is 3.17. The number of hydrogen-bond donors (Lipinski definition) is 2. The van der Waals surface area contributed by atoms with Crippen LogP contribution < -0.4 is 16.6 Å². The van der Waals surface area contributed by atoms with Gasteiger partial charge >= 0.3 is 5.97 Å². The molecule has 26 heavy (non-hydrogen) atoms. The van der Waals surface area contributed by atoms with Gasteiger partial charge in [0, 0.05) is 25.4 Å². The monoisotopic (exact) mass is 371 g/mol. The smallest absolute Gasteiger partial charge is 0.326 e. The fourth-order valence-electron chi connectivity index (χ4n) is 2.00. The van der Waals surface area contributed by atoms with Crippen LogP contribution >= 0.6 is 0 Å². The van der Waals surface area contributed by atoms with Crippen LogP contribution in [-0.4, -0.2) is 69.9 Å². The molecule has 1 aromatic rings. The number of anilines is 1. The van der Waals surface area contributed by atoms with Gasteiger partial charge in [0.25, 0.3) is 5.56 Å². The molecule has 9 heteroatoms. The maximum absolute atomic E-state index is 11.7. The Morgan fingerprint density at radius 3 is 2.38 bits per heavy atom. The van der Waals surface area contributed by atoms with Crippen molar-refractivity contribution < 1.29 is 23.7 Å². The molecule has 0 spiro atoms. The molecule has 0 aliphatic rings. The van der Waals surface area contributed by atoms with Crippen LogP contribution in [0.5, 0.6) is 0 Å². The first-order chi connectivity index (χ1) is 12.7. The minimum absolute atomic E-state index is 0.106. The summed E-state index contributed by atoms with van der Waals surface area (Å²) in [4.78, 5) is 23.2. The molecule has 0 aliphatic carbocycles. The first kappa shape index (κ1) is 22.1. The van der Waals surface area contributed by atoms with Crippen molar-refractivity contribution in [3.8, 4) is 0 Å². The Kier molecular flexibility index (Phi) is 12.1. The zero-order valence-corrected chi connectivity index (χ0v) is 15.3. The molecule has 0 bridgehead atoms. The van der Waals surface area contributed by atoms with Crippen molar-refractivity contribution in [2.75, 3.05) is 64.7 Å². The standard InChI is InChI=1S/C17H29N3O6/c1-2-26-17(22)14-20-13-15(3-4-16(20)21)19-6-8-24-10-12-25-11-9-23-7-5-18/h3-4,13,19H,2,5-12,14,18H2,1H3. The van der Waals surface area contributed by atoms with Crippen LogP contribution in [0.25, 0.3) is 0 Å². The molecule has 9 nitrogen and oxygen atoms in total. The number of rotatable bonds is 15. The number of carbonyl (C=O) groups excluding carboxylic acids is 1. The average Bonchev–Trinajstić information content (AvgIpc) is 2.62. The minimum Gasteiger partial charge on any atom is -0.465 e. The Labute approximate surface area is 153 Å². The highest BCUT2D eigenvalue weighted by Gasteiger charge is 2.05. The highest BCUT2D eigenvalue weighted by Crippen LogP contribution is 2.03. The summed E-state index contributed by atoms with van der Waals surface area (Å²) in [6.45, 7) is 6.04. The number of pyridine rings is 1. The van der Waals surface area contributed by atoms with Crippen molar-refractivity contribution in [3.05, 3.63) is 28.7 Å². The van der Waals surface area contributed by atoms with Gasteiger partial charge in [0.2, 0.25) is 0 Å². The van der Waals surface area contributed by atoms with Crippen LogP contribution in [0.2, 0.25) is 0 Å². The van der Waals surface area contributed by atoms with E-state index in [1.165, 1.54) is 10.6 Å². The number of esters is 1. The first-order valence-corrected chi connectivity index (χ1v) is 8.70. The molecule has 0 aliphatic heterocycles. The maximum atomic E-state index is 11.7. The highest BCUT2D eigenvalue weighted by molar-refractivity contribution is 5.69. The lowest BCUT2D eigenvalue weighted by Gasteiger charge is -2.10. The number of carbonyl (C=O) groups is 1. The summed E-state index contributed by atoms with van der Waals surface area (Å²) in [5.41, 5.74) is 5.77. The summed E-state index contributed by atoms with van der Waals surface area (Å²) < 4.78 is 22.1. The molecule has 0 saturated heterocycles. The lowest BCUT2D eigenvalue weighted by atomic mass is 10.4. The third kappa shape index (κ3) is 10.1. The largest absolute Gasteiger partial charge is 0.465 e. The molecule has 0 fully saturated rings. The van der Waals surface area contributed by atoms with Gasteiger partial charge in [-0.2, -0.15) is 0 Å². The molecule has 148 valence electrons. The molecule has 0 saturated carbocycles. The van der Waals surface area contributed by atoms with Crippen LogP contribution in [0.4, 0.5) is 5.69 Å². The summed E-state index contributed by atoms with van der Waals surface area (Å²) in [5.74, 6) is -0.441. The van der Waals surface area contributed by atoms with E-state index in [1.807, 2.05) is 0 Å². The van der Waals surface area contributed by atoms with Gasteiger partial charge in [-0.15, -0.1) is 0 Å². The van der Waals surface area contributed by atoms with Gasteiger partial charge in [0.1, 0.15) is 6.54 Å². The van der Waals surface area contributed by atoms with E-state index in [1.54, 1.807) is 19.2 Å². The number of nitrogens with one attached hydrogen (secondary N) is 1. The highest BCUT2D eigenvalue weighted by atomic mass is 16.5. The lowest BCUT2D eigenvalue weighted by molar-refractivity contribution is -0.143. The zero-order valence-electron chi connectivity index (χ0n) is 15.3. The third-order valence-electron chi connectivity index (χ3n) is 3.17. The van der Waals surface area contributed by atoms with Gasteiger partial charge in [-0.05, 0) is 13.0 Å². The van der Waals surface area contributed by atoms with Crippen molar-refractivity contribution >= 4 is 11.7 Å². The molecule has 1 heterocycles. The zero-order chi connectivity index (χ0) is 19.0. The Bertz CT molecular complexity index is 564. The van der Waals surface area contributed by atoms with Gasteiger partial charge in [-0.25, -0.2) is 0 Å². The second-order valence-electron chi connectivity index (χ2n) is 5.24. The van der Waals surface area contributed by atoms with E-state index in [0.29, 0.717) is 52.7 Å². The van der Waals surface area contributed by atoms with Crippen LogP contribution in [-0.2, 0) is 30.3 Å². The molecule has 0 unspecified atom stereocenters. The van der Waals surface area contributed by atoms with Crippen molar-refractivity contribution in [2.24, 2.45) is 5.73 Å². The Morgan fingerprint density at radius 2 is 1.73 bits per heavy atom. The van der Waals surface area contributed by atoms with Crippen LogP contribution in [0.1, 0.15) is 6.92 Å². The molecule has 1 rings (SSSR count). The number of nitrogens with zero attached hydrogens (tertiary/aromatic N) is 1. The van der Waals surface area contributed by atoms with Gasteiger partial charge in [0.05, 0.1) is 51.9 Å². The Morgan fingerprint density at radius 1 is 1.08 bits per heavy atom. The van der Waals surface area contributed by atoms with Crippen molar-refractivity contribution in [3.63, 3.8) is 0 Å². The van der Waals surface area contributed by atoms with E-state index in [9.17, 15) is 9.59 Å². The molecule has 0 atom stereocenters. The SMILES string of the molecule is CCOC(=O)Cn1cc(NCCOCCOCCOCCN)ccc1=O. The summed E-state index contributed by atoms with van der Waals surface area (Å²) in [7, 11) is 0. The molecular weight excluding hydrogens is 342 g/mol. The average molecular weight is 371 g/mol. The summed E-state index contributed by atoms with van der Waals surface area (Å²) in [6, 6.07) is 3.07. The quantitative estimate of drug-likeness (QED) is 0.323. The van der Waals surface area contributed by atoms with Crippen molar-refractivity contribution in [1.29, 1.82) is 0 Å². The van der Waals surface area contributed by atoms with Gasteiger partial charge in [-0.1, -0.05) is 0 Å². The second-order valence-corrected chi connectivity index (χ2v) is 5.24. The topological polar surface area (TPSA) is 114 Å². The number of ether oxygens (including phenoxy) is 4. The number of hydrogen-bond acceptors (Lipinski definition) is 8. The van der Waals surface area contributed by atoms with Crippen LogP contribution in [0, 0.1) is 0 Å². The van der Waals surface area contributed by atoms with E-state index < -0.39 is 5.97 Å². The fraction of sp³-hybridized carbons (Fsp3) is 0.647. The normalized spacial score (nSPS) is 10.7. The minimum atomic E-state index is -0.441. The predicted molar refractivity (Wildman–Crippen MR) is 97.3 cm³/mol. The molecule has 0 radical (unpaired) electrons. The summed E-state index contributed by atoms with van der Waals surface area (Å²) in [6.07, 6.45) is 1.59. The molecule has 0 aromatic carbocycles. The van der Waals surface area contributed by atoms with Crippen LogP contribution in [0.15, 0.2) is 23.1 Å². The van der Waals surface area contributed by atoms with Crippen LogP contribution in [0.3, 0.4) is 0 Å². The van der Waals surface area contributed by atoms with Gasteiger partial charge < -0.3 is 34.6 Å². The Balaban J connectivity index is 2.15. The van der Waals surface area contributed by atoms with Gasteiger partial charge in [0.15, 0.2) is 0 Å². The van der Waals surface area contributed by atoms with Gasteiger partial charge in [-0.3, -0.25) is 9.59 Å². The molecule has 1 aromatic heterocycles. The summed E-state index contributed by atoms with van der Waals surface area (Å²) in [5, 5.41) is 3.13. The maximum Gasteiger partial charge on any atom is 0.326 e. The predicted octanol–water partition coefficient (Wildman–Crippen LogP) is -0.168. The first-order valence-electron chi connectivity index (χ1n) is 8.70. The fourth-order valence-corrected chi connectivity index (χ4v) is 2.00. The number of nitrogens with two attached hydrogens (primary N) is 1. The lowest BCUT2D eigenvalue weighted by Crippen LogP contribution is -2.25. The van der Waals surface area contributed by atoms with E-state index in [2.05, 4.69) is 5.32 Å². The number of aromatic nitrogens is 1. The van der Waals surface area contributed by atoms with E-state index >= 15 is 0 Å². The molecule has 0 amide bonds. The van der Waals surface area contributed by atoms with Crippen molar-refractivity contribution in [2.45, 2.75) is 13.5 Å². The summed E-state index contributed by atoms with van der Waals surface area (Å²) >= 11 is 0. The van der Waals surface area contributed by atoms with Crippen molar-refractivity contribution in [1.82, 2.24) is 4.57 Å².